The summed E-state index contributed by atoms with van der Waals surface area (Å²) in [7, 11) is 3.25. The SMILES string of the molecule is COc1cccc([C@@H](CNC[C@H](O)COc2ccccc2F)c2c[nH]c3ccccc23)c1OC. The van der Waals surface area contributed by atoms with E-state index < -0.39 is 11.9 Å². The lowest BCUT2D eigenvalue weighted by atomic mass is 9.89. The number of hydrogen-bond acceptors (Lipinski definition) is 5. The van der Waals surface area contributed by atoms with Crippen molar-refractivity contribution in [3.63, 3.8) is 0 Å². The van der Waals surface area contributed by atoms with E-state index in [0.29, 0.717) is 18.0 Å². The van der Waals surface area contributed by atoms with Crippen LogP contribution in [0.25, 0.3) is 10.9 Å². The second-order valence-corrected chi connectivity index (χ2v) is 7.98. The van der Waals surface area contributed by atoms with Crippen LogP contribution in [0.3, 0.4) is 0 Å². The number of ether oxygens (including phenoxy) is 3. The quantitative estimate of drug-likeness (QED) is 0.305. The Labute approximate surface area is 198 Å². The molecule has 34 heavy (non-hydrogen) atoms. The van der Waals surface area contributed by atoms with Gasteiger partial charge in [-0.25, -0.2) is 4.39 Å². The molecule has 7 heteroatoms. The number of H-pyrrole nitrogens is 1. The van der Waals surface area contributed by atoms with E-state index in [0.717, 1.165) is 22.0 Å². The lowest BCUT2D eigenvalue weighted by molar-refractivity contribution is 0.104. The van der Waals surface area contributed by atoms with Gasteiger partial charge in [-0.3, -0.25) is 0 Å². The molecule has 0 aliphatic carbocycles. The van der Waals surface area contributed by atoms with Crippen molar-refractivity contribution in [2.75, 3.05) is 33.9 Å². The number of benzene rings is 3. The van der Waals surface area contributed by atoms with Crippen LogP contribution in [0.5, 0.6) is 17.2 Å². The van der Waals surface area contributed by atoms with E-state index in [2.05, 4.69) is 16.4 Å². The Bertz CT molecular complexity index is 1230. The van der Waals surface area contributed by atoms with Crippen molar-refractivity contribution >= 4 is 10.9 Å². The summed E-state index contributed by atoms with van der Waals surface area (Å²) in [6, 6.07) is 20.1. The third-order valence-corrected chi connectivity index (χ3v) is 5.80. The van der Waals surface area contributed by atoms with Gasteiger partial charge < -0.3 is 29.6 Å². The number of halogens is 1. The number of aliphatic hydroxyl groups is 1. The number of aromatic nitrogens is 1. The third kappa shape index (κ3) is 5.16. The maximum absolute atomic E-state index is 13.8. The lowest BCUT2D eigenvalue weighted by Crippen LogP contribution is -2.34. The zero-order valence-corrected chi connectivity index (χ0v) is 19.3. The van der Waals surface area contributed by atoms with Crippen LogP contribution in [-0.4, -0.2) is 50.1 Å². The Hall–Kier alpha value is -3.55. The molecule has 0 spiro atoms. The number of aliphatic hydroxyl groups excluding tert-OH is 1. The summed E-state index contributed by atoms with van der Waals surface area (Å²) in [5.41, 5.74) is 3.12. The first-order valence-electron chi connectivity index (χ1n) is 11.1. The van der Waals surface area contributed by atoms with Gasteiger partial charge in [-0.15, -0.1) is 0 Å². The zero-order chi connectivity index (χ0) is 23.9. The fourth-order valence-corrected chi connectivity index (χ4v) is 4.16. The summed E-state index contributed by atoms with van der Waals surface area (Å²) < 4.78 is 30.4. The minimum atomic E-state index is -0.810. The number of fused-ring (bicyclic) bond motifs is 1. The van der Waals surface area contributed by atoms with Crippen molar-refractivity contribution in [2.45, 2.75) is 12.0 Å². The van der Waals surface area contributed by atoms with Crippen molar-refractivity contribution in [3.05, 3.63) is 89.9 Å². The van der Waals surface area contributed by atoms with E-state index in [1.807, 2.05) is 42.6 Å². The van der Waals surface area contributed by atoms with Crippen LogP contribution in [0.15, 0.2) is 72.9 Å². The molecular formula is C27H29FN2O4. The monoisotopic (exact) mass is 464 g/mol. The van der Waals surface area contributed by atoms with Crippen LogP contribution in [0.1, 0.15) is 17.0 Å². The molecule has 0 fully saturated rings. The average molecular weight is 465 g/mol. The molecule has 1 heterocycles. The van der Waals surface area contributed by atoms with E-state index in [-0.39, 0.29) is 24.8 Å². The zero-order valence-electron chi connectivity index (χ0n) is 19.3. The Morgan fingerprint density at radius 3 is 2.44 bits per heavy atom. The van der Waals surface area contributed by atoms with Crippen molar-refractivity contribution < 1.29 is 23.7 Å². The molecule has 0 aliphatic heterocycles. The number of nitrogens with one attached hydrogen (secondary N) is 2. The highest BCUT2D eigenvalue weighted by molar-refractivity contribution is 5.84. The molecule has 0 aliphatic rings. The molecule has 2 atom stereocenters. The molecule has 1 aromatic heterocycles. The number of rotatable bonds is 11. The van der Waals surface area contributed by atoms with Gasteiger partial charge in [0, 0.05) is 41.7 Å². The Morgan fingerprint density at radius 2 is 1.65 bits per heavy atom. The van der Waals surface area contributed by atoms with E-state index in [1.54, 1.807) is 26.4 Å². The fraction of sp³-hybridized carbons (Fsp3) is 0.259. The Kier molecular flexibility index (Phi) is 7.67. The van der Waals surface area contributed by atoms with Crippen LogP contribution in [0.4, 0.5) is 4.39 Å². The van der Waals surface area contributed by atoms with Gasteiger partial charge in [-0.05, 0) is 29.8 Å². The largest absolute Gasteiger partial charge is 0.493 e. The maximum atomic E-state index is 13.8. The van der Waals surface area contributed by atoms with E-state index >= 15 is 0 Å². The fourth-order valence-electron chi connectivity index (χ4n) is 4.16. The van der Waals surface area contributed by atoms with Crippen molar-refractivity contribution in [3.8, 4) is 17.2 Å². The standard InChI is InChI=1S/C27H29FN2O4/c1-32-26-13-7-9-20(27(26)33-2)21(22-16-30-24-11-5-3-8-19(22)24)15-29-14-18(31)17-34-25-12-6-4-10-23(25)28/h3-13,16,18,21,29-31H,14-15,17H2,1-2H3/t18-,21+/m0/s1. The molecule has 0 bridgehead atoms. The molecule has 3 N–H and O–H groups in total. The first-order chi connectivity index (χ1) is 16.6. The van der Waals surface area contributed by atoms with Crippen LogP contribution in [-0.2, 0) is 0 Å². The highest BCUT2D eigenvalue weighted by Crippen LogP contribution is 2.40. The van der Waals surface area contributed by atoms with Crippen LogP contribution < -0.4 is 19.5 Å². The minimum absolute atomic E-state index is 0.0197. The van der Waals surface area contributed by atoms with E-state index in [9.17, 15) is 9.50 Å². The smallest absolute Gasteiger partial charge is 0.165 e. The molecule has 0 saturated heterocycles. The van der Waals surface area contributed by atoms with Gasteiger partial charge >= 0.3 is 0 Å². The number of methoxy groups -OCH3 is 2. The normalized spacial score (nSPS) is 12.9. The van der Waals surface area contributed by atoms with Gasteiger partial charge in [0.2, 0.25) is 0 Å². The Morgan fingerprint density at radius 1 is 0.882 bits per heavy atom. The molecule has 178 valence electrons. The summed E-state index contributed by atoms with van der Waals surface area (Å²) in [6.07, 6.45) is 1.20. The van der Waals surface area contributed by atoms with Gasteiger partial charge in [0.25, 0.3) is 0 Å². The topological polar surface area (TPSA) is 75.7 Å². The maximum Gasteiger partial charge on any atom is 0.165 e. The number of para-hydroxylation sites is 3. The average Bonchev–Trinajstić information content (AvgIpc) is 3.29. The first-order valence-corrected chi connectivity index (χ1v) is 11.1. The lowest BCUT2D eigenvalue weighted by Gasteiger charge is -2.23. The number of aromatic amines is 1. The van der Waals surface area contributed by atoms with Gasteiger partial charge in [-0.1, -0.05) is 42.5 Å². The van der Waals surface area contributed by atoms with Crippen molar-refractivity contribution in [2.24, 2.45) is 0 Å². The van der Waals surface area contributed by atoms with Crippen LogP contribution >= 0.6 is 0 Å². The third-order valence-electron chi connectivity index (χ3n) is 5.80. The van der Waals surface area contributed by atoms with Crippen LogP contribution in [0, 0.1) is 5.82 Å². The molecule has 4 aromatic rings. The van der Waals surface area contributed by atoms with Crippen molar-refractivity contribution in [1.82, 2.24) is 10.3 Å². The van der Waals surface area contributed by atoms with Crippen LogP contribution in [0.2, 0.25) is 0 Å². The van der Waals surface area contributed by atoms with E-state index in [1.165, 1.54) is 12.1 Å². The second-order valence-electron chi connectivity index (χ2n) is 7.98. The summed E-state index contributed by atoms with van der Waals surface area (Å²) in [4.78, 5) is 3.34. The molecule has 0 radical (unpaired) electrons. The summed E-state index contributed by atoms with van der Waals surface area (Å²) >= 11 is 0. The predicted molar refractivity (Wildman–Crippen MR) is 130 cm³/mol. The molecule has 0 amide bonds. The molecule has 0 unspecified atom stereocenters. The van der Waals surface area contributed by atoms with Gasteiger partial charge in [-0.2, -0.15) is 0 Å². The predicted octanol–water partition coefficient (Wildman–Crippen LogP) is 4.49. The van der Waals surface area contributed by atoms with Gasteiger partial charge in [0.1, 0.15) is 12.7 Å². The molecule has 3 aromatic carbocycles. The molecule has 6 nitrogen and oxygen atoms in total. The first kappa shape index (κ1) is 23.6. The highest BCUT2D eigenvalue weighted by Gasteiger charge is 2.23. The molecule has 0 saturated carbocycles. The second kappa shape index (κ2) is 11.0. The van der Waals surface area contributed by atoms with Gasteiger partial charge in [0.05, 0.1) is 14.2 Å². The van der Waals surface area contributed by atoms with Gasteiger partial charge in [0.15, 0.2) is 23.1 Å². The number of hydrogen-bond donors (Lipinski definition) is 3. The summed E-state index contributed by atoms with van der Waals surface area (Å²) in [6.45, 7) is 0.788. The Balaban J connectivity index is 1.52. The van der Waals surface area contributed by atoms with Crippen molar-refractivity contribution in [1.29, 1.82) is 0 Å². The minimum Gasteiger partial charge on any atom is -0.493 e. The molecular weight excluding hydrogens is 435 g/mol. The highest BCUT2D eigenvalue weighted by atomic mass is 19.1. The summed E-state index contributed by atoms with van der Waals surface area (Å²) in [5.74, 6) is 0.918. The van der Waals surface area contributed by atoms with E-state index in [4.69, 9.17) is 14.2 Å². The molecule has 4 rings (SSSR count). The summed E-state index contributed by atoms with van der Waals surface area (Å²) in [5, 5.41) is 14.9.